The van der Waals surface area contributed by atoms with E-state index in [0.29, 0.717) is 5.95 Å². The minimum atomic E-state index is 0.512. The first-order valence-corrected chi connectivity index (χ1v) is 11.3. The van der Waals surface area contributed by atoms with Crippen LogP contribution in [0.1, 0.15) is 51.0 Å². The van der Waals surface area contributed by atoms with Crippen molar-refractivity contribution >= 4 is 39.5 Å². The van der Waals surface area contributed by atoms with Crippen LogP contribution in [-0.4, -0.2) is 46.8 Å². The van der Waals surface area contributed by atoms with E-state index in [0.717, 1.165) is 53.8 Å². The number of anilines is 3. The summed E-state index contributed by atoms with van der Waals surface area (Å²) < 4.78 is 1.05. The Labute approximate surface area is 180 Å². The van der Waals surface area contributed by atoms with Crippen molar-refractivity contribution in [1.29, 1.82) is 0 Å². The summed E-state index contributed by atoms with van der Waals surface area (Å²) in [4.78, 5) is 18.7. The van der Waals surface area contributed by atoms with Crippen LogP contribution in [0, 0.1) is 0 Å². The molecule has 0 radical (unpaired) electrons. The Morgan fingerprint density at radius 1 is 0.828 bits per heavy atom. The van der Waals surface area contributed by atoms with Crippen molar-refractivity contribution in [2.24, 2.45) is 5.10 Å². The smallest absolute Gasteiger partial charge is 0.250 e. The third-order valence-corrected chi connectivity index (χ3v) is 6.00. The third-order valence-electron chi connectivity index (χ3n) is 5.48. The Morgan fingerprint density at radius 2 is 1.34 bits per heavy atom. The molecule has 0 bridgehead atoms. The van der Waals surface area contributed by atoms with Gasteiger partial charge in [0.1, 0.15) is 0 Å². The zero-order valence-corrected chi connectivity index (χ0v) is 18.5. The molecule has 3 heterocycles. The summed E-state index contributed by atoms with van der Waals surface area (Å²) in [5, 5.41) is 4.53. The summed E-state index contributed by atoms with van der Waals surface area (Å²) in [7, 11) is 0. The van der Waals surface area contributed by atoms with Gasteiger partial charge in [-0.2, -0.15) is 20.1 Å². The van der Waals surface area contributed by atoms with Crippen LogP contribution >= 0.6 is 15.9 Å². The Morgan fingerprint density at radius 3 is 1.86 bits per heavy atom. The molecule has 0 amide bonds. The molecule has 154 valence electrons. The maximum Gasteiger partial charge on any atom is 0.250 e. The van der Waals surface area contributed by atoms with Gasteiger partial charge in [-0.25, -0.2) is 5.43 Å². The number of nitrogens with one attached hydrogen (secondary N) is 1. The molecule has 0 aliphatic carbocycles. The number of hydrogen-bond acceptors (Lipinski definition) is 7. The van der Waals surface area contributed by atoms with Gasteiger partial charge in [-0.3, -0.25) is 0 Å². The number of aromatic nitrogens is 3. The van der Waals surface area contributed by atoms with E-state index in [9.17, 15) is 0 Å². The number of rotatable bonds is 5. The number of nitrogens with zero attached hydrogens (tertiary/aromatic N) is 6. The largest absolute Gasteiger partial charge is 0.341 e. The number of hydrazone groups is 1. The van der Waals surface area contributed by atoms with Crippen LogP contribution < -0.4 is 15.2 Å². The first kappa shape index (κ1) is 20.1. The maximum absolute atomic E-state index is 4.81. The van der Waals surface area contributed by atoms with Gasteiger partial charge in [-0.1, -0.05) is 28.1 Å². The molecule has 0 saturated carbocycles. The van der Waals surface area contributed by atoms with Crippen molar-refractivity contribution in [2.75, 3.05) is 41.4 Å². The highest BCUT2D eigenvalue weighted by molar-refractivity contribution is 9.10. The molecule has 29 heavy (non-hydrogen) atoms. The lowest BCUT2D eigenvalue weighted by Crippen LogP contribution is -2.34. The number of halogens is 1. The predicted molar refractivity (Wildman–Crippen MR) is 122 cm³/mol. The van der Waals surface area contributed by atoms with Crippen molar-refractivity contribution in [1.82, 2.24) is 15.0 Å². The van der Waals surface area contributed by atoms with Gasteiger partial charge in [0.05, 0.1) is 5.71 Å². The fourth-order valence-corrected chi connectivity index (χ4v) is 4.03. The van der Waals surface area contributed by atoms with E-state index in [-0.39, 0.29) is 0 Å². The number of piperidine rings is 2. The summed E-state index contributed by atoms with van der Waals surface area (Å²) in [5.74, 6) is 2.04. The van der Waals surface area contributed by atoms with E-state index in [2.05, 4.69) is 46.2 Å². The van der Waals surface area contributed by atoms with Crippen LogP contribution in [0.25, 0.3) is 0 Å². The zero-order valence-electron chi connectivity index (χ0n) is 16.9. The lowest BCUT2D eigenvalue weighted by atomic mass is 10.1. The van der Waals surface area contributed by atoms with E-state index in [1.807, 2.05) is 31.2 Å². The highest BCUT2D eigenvalue weighted by atomic mass is 79.9. The molecule has 2 saturated heterocycles. The molecular weight excluding hydrogens is 430 g/mol. The van der Waals surface area contributed by atoms with Gasteiger partial charge < -0.3 is 9.80 Å². The van der Waals surface area contributed by atoms with Gasteiger partial charge in [0.2, 0.25) is 17.8 Å². The van der Waals surface area contributed by atoms with Gasteiger partial charge >= 0.3 is 0 Å². The molecule has 4 rings (SSSR count). The van der Waals surface area contributed by atoms with Gasteiger partial charge in [0, 0.05) is 30.7 Å². The normalized spacial score (nSPS) is 18.1. The number of hydrogen-bond donors (Lipinski definition) is 1. The first-order valence-electron chi connectivity index (χ1n) is 10.5. The monoisotopic (exact) mass is 457 g/mol. The van der Waals surface area contributed by atoms with Crippen LogP contribution in [0.4, 0.5) is 17.8 Å². The molecule has 0 spiro atoms. The first-order chi connectivity index (χ1) is 14.2. The summed E-state index contributed by atoms with van der Waals surface area (Å²) in [6.07, 6.45) is 7.32. The fourth-order valence-electron chi connectivity index (χ4n) is 3.76. The lowest BCUT2D eigenvalue weighted by molar-refractivity contribution is 0.556. The second-order valence-corrected chi connectivity index (χ2v) is 8.59. The summed E-state index contributed by atoms with van der Waals surface area (Å²) in [6, 6.07) is 8.10. The van der Waals surface area contributed by atoms with Crippen molar-refractivity contribution in [3.05, 3.63) is 34.3 Å². The molecule has 0 unspecified atom stereocenters. The van der Waals surface area contributed by atoms with E-state index in [1.165, 1.54) is 38.5 Å². The molecule has 2 aromatic rings. The topological polar surface area (TPSA) is 69.5 Å². The molecule has 1 aromatic carbocycles. The second-order valence-electron chi connectivity index (χ2n) is 7.67. The SMILES string of the molecule is C/C(=N\Nc1nc(N2CCCCC2)nc(N2CCCCC2)n1)c1ccc(Br)cc1. The molecule has 1 aromatic heterocycles. The van der Waals surface area contributed by atoms with E-state index < -0.39 is 0 Å². The van der Waals surface area contributed by atoms with Gasteiger partial charge in [-0.05, 0) is 63.1 Å². The molecular formula is C21H28BrN7. The Hall–Kier alpha value is -2.22. The van der Waals surface area contributed by atoms with Crippen molar-refractivity contribution in [2.45, 2.75) is 45.4 Å². The lowest BCUT2D eigenvalue weighted by Gasteiger charge is -2.30. The van der Waals surface area contributed by atoms with Crippen molar-refractivity contribution in [3.63, 3.8) is 0 Å². The van der Waals surface area contributed by atoms with Crippen LogP contribution in [-0.2, 0) is 0 Å². The second kappa shape index (κ2) is 9.52. The van der Waals surface area contributed by atoms with E-state index in [1.54, 1.807) is 0 Å². The fraction of sp³-hybridized carbons (Fsp3) is 0.524. The molecule has 2 fully saturated rings. The minimum absolute atomic E-state index is 0.512. The summed E-state index contributed by atoms with van der Waals surface area (Å²) in [6.45, 7) is 6.00. The Balaban J connectivity index is 1.58. The highest BCUT2D eigenvalue weighted by Gasteiger charge is 2.20. The molecule has 7 nitrogen and oxygen atoms in total. The maximum atomic E-state index is 4.81. The zero-order chi connectivity index (χ0) is 20.1. The third kappa shape index (κ3) is 5.23. The standard InChI is InChI=1S/C21H28BrN7/c1-16(17-8-10-18(22)11-9-17)26-27-19-23-20(28-12-4-2-5-13-28)25-21(24-19)29-14-6-3-7-15-29/h8-11H,2-7,12-15H2,1H3,(H,23,24,25,27)/b26-16+. The molecule has 2 aliphatic heterocycles. The van der Waals surface area contributed by atoms with E-state index >= 15 is 0 Å². The highest BCUT2D eigenvalue weighted by Crippen LogP contribution is 2.22. The van der Waals surface area contributed by atoms with Crippen LogP contribution in [0.15, 0.2) is 33.8 Å². The van der Waals surface area contributed by atoms with E-state index in [4.69, 9.17) is 4.98 Å². The van der Waals surface area contributed by atoms with Crippen LogP contribution in [0.5, 0.6) is 0 Å². The molecule has 1 N–H and O–H groups in total. The summed E-state index contributed by atoms with van der Waals surface area (Å²) in [5.41, 5.74) is 5.02. The average Bonchev–Trinajstić information content (AvgIpc) is 2.79. The minimum Gasteiger partial charge on any atom is -0.341 e. The van der Waals surface area contributed by atoms with Gasteiger partial charge in [0.25, 0.3) is 0 Å². The molecule has 2 aliphatic rings. The van der Waals surface area contributed by atoms with Crippen molar-refractivity contribution in [3.8, 4) is 0 Å². The molecule has 8 heteroatoms. The predicted octanol–water partition coefficient (Wildman–Crippen LogP) is 4.45. The van der Waals surface area contributed by atoms with Crippen LogP contribution in [0.3, 0.4) is 0 Å². The van der Waals surface area contributed by atoms with Crippen LogP contribution in [0.2, 0.25) is 0 Å². The summed E-state index contributed by atoms with van der Waals surface area (Å²) >= 11 is 3.47. The van der Waals surface area contributed by atoms with Gasteiger partial charge in [0.15, 0.2) is 0 Å². The van der Waals surface area contributed by atoms with Crippen molar-refractivity contribution < 1.29 is 0 Å². The molecule has 0 atom stereocenters. The Kier molecular flexibility index (Phi) is 6.59. The van der Waals surface area contributed by atoms with Gasteiger partial charge in [-0.15, -0.1) is 0 Å². The Bertz CT molecular complexity index is 804. The quantitative estimate of drug-likeness (QED) is 0.528. The number of benzene rings is 1. The average molecular weight is 458 g/mol.